The van der Waals surface area contributed by atoms with Crippen LogP contribution < -0.4 is 0 Å². The number of carbonyl (C=O) groups is 1. The summed E-state index contributed by atoms with van der Waals surface area (Å²) < 4.78 is 0. The number of alkyl halides is 1. The number of aryl methyl sites for hydroxylation is 1. The first-order chi connectivity index (χ1) is 8.13. The van der Waals surface area contributed by atoms with Crippen molar-refractivity contribution in [3.8, 4) is 6.07 Å². The zero-order chi connectivity index (χ0) is 12.4. The van der Waals surface area contributed by atoms with Crippen molar-refractivity contribution in [3.63, 3.8) is 0 Å². The van der Waals surface area contributed by atoms with Gasteiger partial charge in [0.1, 0.15) is 5.78 Å². The first kappa shape index (κ1) is 12.3. The maximum absolute atomic E-state index is 11.9. The number of rotatable bonds is 4. The van der Waals surface area contributed by atoms with Crippen LogP contribution in [0.25, 0.3) is 0 Å². The van der Waals surface area contributed by atoms with Gasteiger partial charge in [-0.05, 0) is 37.3 Å². The summed E-state index contributed by atoms with van der Waals surface area (Å²) in [6.07, 6.45) is 2.67. The highest BCUT2D eigenvalue weighted by Gasteiger charge is 2.33. The Balaban J connectivity index is 2.15. The quantitative estimate of drug-likeness (QED) is 0.800. The highest BCUT2D eigenvalue weighted by molar-refractivity contribution is 9.10. The van der Waals surface area contributed by atoms with E-state index in [-0.39, 0.29) is 16.5 Å². The summed E-state index contributed by atoms with van der Waals surface area (Å²) in [6, 6.07) is 8.01. The van der Waals surface area contributed by atoms with Gasteiger partial charge in [-0.15, -0.1) is 0 Å². The van der Waals surface area contributed by atoms with Crippen molar-refractivity contribution in [2.45, 2.75) is 31.0 Å². The smallest absolute Gasteiger partial charge is 0.149 e. The maximum Gasteiger partial charge on any atom is 0.149 e. The van der Waals surface area contributed by atoms with E-state index in [0.29, 0.717) is 12.0 Å². The minimum absolute atomic E-state index is 0.149. The highest BCUT2D eigenvalue weighted by Crippen LogP contribution is 2.33. The Kier molecular flexibility index (Phi) is 3.63. The zero-order valence-corrected chi connectivity index (χ0v) is 11.3. The van der Waals surface area contributed by atoms with E-state index in [4.69, 9.17) is 5.26 Å². The molecule has 1 aromatic rings. The molecule has 0 aromatic heterocycles. The van der Waals surface area contributed by atoms with E-state index in [2.05, 4.69) is 22.0 Å². The van der Waals surface area contributed by atoms with Gasteiger partial charge in [-0.1, -0.05) is 34.1 Å². The molecule has 0 saturated heterocycles. The second-order valence-corrected chi connectivity index (χ2v) is 5.67. The summed E-state index contributed by atoms with van der Waals surface area (Å²) in [5.74, 6) is 0.546. The van der Waals surface area contributed by atoms with Crippen molar-refractivity contribution >= 4 is 21.7 Å². The van der Waals surface area contributed by atoms with E-state index in [1.807, 2.05) is 25.1 Å². The number of carbonyl (C=O) groups excluding carboxylic acids is 1. The molecule has 0 spiro atoms. The molecule has 1 aromatic carbocycles. The highest BCUT2D eigenvalue weighted by atomic mass is 79.9. The molecule has 1 fully saturated rings. The van der Waals surface area contributed by atoms with Gasteiger partial charge in [0.15, 0.2) is 0 Å². The minimum Gasteiger partial charge on any atom is -0.298 e. The molecule has 0 bridgehead atoms. The van der Waals surface area contributed by atoms with Gasteiger partial charge < -0.3 is 0 Å². The lowest BCUT2D eigenvalue weighted by atomic mass is 9.97. The molecule has 88 valence electrons. The van der Waals surface area contributed by atoms with Crippen LogP contribution >= 0.6 is 15.9 Å². The lowest BCUT2D eigenvalue weighted by Gasteiger charge is -2.10. The van der Waals surface area contributed by atoms with E-state index in [0.717, 1.165) is 24.0 Å². The number of nitrogens with zero attached hydrogens (tertiary/aromatic N) is 1. The van der Waals surface area contributed by atoms with Gasteiger partial charge >= 0.3 is 0 Å². The molecule has 1 atom stereocenters. The molecule has 2 nitrogen and oxygen atoms in total. The summed E-state index contributed by atoms with van der Waals surface area (Å²) in [4.78, 5) is 11.7. The van der Waals surface area contributed by atoms with E-state index < -0.39 is 0 Å². The third-order valence-corrected chi connectivity index (χ3v) is 3.93. The molecule has 1 saturated carbocycles. The fourth-order valence-corrected chi connectivity index (χ4v) is 2.70. The normalized spacial score (nSPS) is 16.3. The summed E-state index contributed by atoms with van der Waals surface area (Å²) in [5.41, 5.74) is 2.65. The van der Waals surface area contributed by atoms with Crippen molar-refractivity contribution in [2.75, 3.05) is 0 Å². The predicted octanol–water partition coefficient (Wildman–Crippen LogP) is 3.15. The molecule has 17 heavy (non-hydrogen) atoms. The lowest BCUT2D eigenvalue weighted by Crippen LogP contribution is -2.19. The van der Waals surface area contributed by atoms with Crippen LogP contribution in [0.15, 0.2) is 18.2 Å². The molecule has 0 amide bonds. The number of benzene rings is 1. The minimum atomic E-state index is -0.149. The van der Waals surface area contributed by atoms with Crippen LogP contribution in [0.3, 0.4) is 0 Å². The number of halogens is 1. The van der Waals surface area contributed by atoms with Gasteiger partial charge in [-0.2, -0.15) is 5.26 Å². The van der Waals surface area contributed by atoms with Crippen LogP contribution in [0.4, 0.5) is 0 Å². The second-order valence-electron chi connectivity index (χ2n) is 4.57. The molecule has 3 heteroatoms. The third kappa shape index (κ3) is 2.76. The molecular formula is C14H14BrNO. The predicted molar refractivity (Wildman–Crippen MR) is 70.0 cm³/mol. The van der Waals surface area contributed by atoms with Gasteiger partial charge in [0.2, 0.25) is 0 Å². The fraction of sp³-hybridized carbons (Fsp3) is 0.429. The number of nitriles is 1. The van der Waals surface area contributed by atoms with Crippen molar-refractivity contribution in [3.05, 3.63) is 34.9 Å². The van der Waals surface area contributed by atoms with Crippen LogP contribution in [-0.2, 0) is 11.2 Å². The van der Waals surface area contributed by atoms with Crippen molar-refractivity contribution in [1.82, 2.24) is 0 Å². The van der Waals surface area contributed by atoms with Crippen molar-refractivity contribution < 1.29 is 4.79 Å². The van der Waals surface area contributed by atoms with Gasteiger partial charge in [-0.3, -0.25) is 4.79 Å². The van der Waals surface area contributed by atoms with Gasteiger partial charge in [0, 0.05) is 5.92 Å². The molecule has 0 heterocycles. The average molecular weight is 292 g/mol. The first-order valence-corrected chi connectivity index (χ1v) is 6.71. The van der Waals surface area contributed by atoms with Gasteiger partial charge in [0.25, 0.3) is 0 Å². The largest absolute Gasteiger partial charge is 0.298 e. The lowest BCUT2D eigenvalue weighted by molar-refractivity contribution is -0.119. The standard InChI is InChI=1S/C14H14BrNO/c1-9-3-2-4-11(12(9)8-16)7-13(15)14(17)10-5-6-10/h2-4,10,13H,5-7H2,1H3. The van der Waals surface area contributed by atoms with Crippen molar-refractivity contribution in [2.24, 2.45) is 5.92 Å². The Morgan fingerprint density at radius 2 is 2.29 bits per heavy atom. The van der Waals surface area contributed by atoms with Gasteiger partial charge in [0.05, 0.1) is 16.5 Å². The summed E-state index contributed by atoms with van der Waals surface area (Å²) in [7, 11) is 0. The Bertz CT molecular complexity index is 485. The van der Waals surface area contributed by atoms with Crippen molar-refractivity contribution in [1.29, 1.82) is 5.26 Å². The summed E-state index contributed by atoms with van der Waals surface area (Å²) >= 11 is 3.45. The Morgan fingerprint density at radius 1 is 1.59 bits per heavy atom. The molecule has 1 aliphatic carbocycles. The topological polar surface area (TPSA) is 40.9 Å². The van der Waals surface area contributed by atoms with Gasteiger partial charge in [-0.25, -0.2) is 0 Å². The maximum atomic E-state index is 11.9. The molecule has 1 unspecified atom stereocenters. The molecule has 0 radical (unpaired) electrons. The second kappa shape index (κ2) is 5.01. The molecule has 1 aliphatic rings. The van der Waals surface area contributed by atoms with E-state index in [1.165, 1.54) is 0 Å². The Labute approximate surface area is 110 Å². The van der Waals surface area contributed by atoms with Crippen LogP contribution in [-0.4, -0.2) is 10.6 Å². The average Bonchev–Trinajstić information content (AvgIpc) is 3.12. The van der Waals surface area contributed by atoms with Crippen LogP contribution in [0.2, 0.25) is 0 Å². The number of hydrogen-bond acceptors (Lipinski definition) is 2. The summed E-state index contributed by atoms with van der Waals surface area (Å²) in [6.45, 7) is 1.92. The zero-order valence-electron chi connectivity index (χ0n) is 9.74. The van der Waals surface area contributed by atoms with E-state index >= 15 is 0 Å². The number of hydrogen-bond donors (Lipinski definition) is 0. The van der Waals surface area contributed by atoms with E-state index in [1.54, 1.807) is 0 Å². The molecule has 0 N–H and O–H groups in total. The van der Waals surface area contributed by atoms with Crippen LogP contribution in [0.1, 0.15) is 29.5 Å². The third-order valence-electron chi connectivity index (χ3n) is 3.16. The molecule has 0 aliphatic heterocycles. The molecule has 2 rings (SSSR count). The number of ketones is 1. The van der Waals surface area contributed by atoms with E-state index in [9.17, 15) is 4.79 Å². The monoisotopic (exact) mass is 291 g/mol. The fourth-order valence-electron chi connectivity index (χ4n) is 1.98. The molecular weight excluding hydrogens is 278 g/mol. The van der Waals surface area contributed by atoms with Crippen LogP contribution in [0.5, 0.6) is 0 Å². The first-order valence-electron chi connectivity index (χ1n) is 5.80. The van der Waals surface area contributed by atoms with Crippen LogP contribution in [0, 0.1) is 24.2 Å². The Hall–Kier alpha value is -1.14. The SMILES string of the molecule is Cc1cccc(CC(Br)C(=O)C2CC2)c1C#N. The number of Topliss-reactive ketones (excluding diaryl/α,β-unsaturated/α-hetero) is 1. The summed E-state index contributed by atoms with van der Waals surface area (Å²) in [5, 5.41) is 9.12. The Morgan fingerprint density at radius 3 is 2.88 bits per heavy atom.